The van der Waals surface area contributed by atoms with Gasteiger partial charge in [0.2, 0.25) is 11.9 Å². The molecule has 0 unspecified atom stereocenters. The van der Waals surface area contributed by atoms with Gasteiger partial charge in [0.25, 0.3) is 0 Å². The average molecular weight is 435 g/mol. The number of ether oxygens (including phenoxy) is 3. The van der Waals surface area contributed by atoms with E-state index in [-0.39, 0.29) is 24.6 Å². The molecular weight excluding hydrogens is 410 g/mol. The monoisotopic (exact) mass is 435 g/mol. The highest BCUT2D eigenvalue weighted by Crippen LogP contribution is 2.30. The molecule has 1 amide bonds. The first-order valence-corrected chi connectivity index (χ1v) is 10.2. The molecule has 2 heterocycles. The number of amides is 1. The van der Waals surface area contributed by atoms with Crippen molar-refractivity contribution in [3.8, 4) is 17.5 Å². The third-order valence-electron chi connectivity index (χ3n) is 5.03. The lowest BCUT2D eigenvalue weighted by Crippen LogP contribution is -2.43. The van der Waals surface area contributed by atoms with E-state index in [1.807, 2.05) is 75.4 Å². The predicted octanol–water partition coefficient (Wildman–Crippen LogP) is 4.58. The van der Waals surface area contributed by atoms with Crippen LogP contribution in [0.3, 0.4) is 0 Å². The lowest BCUT2D eigenvalue weighted by atomic mass is 10.1. The normalized spacial score (nSPS) is 15.8. The summed E-state index contributed by atoms with van der Waals surface area (Å²) in [4.78, 5) is 26.6. The smallest absolute Gasteiger partial charge is 0.417 e. The number of nitrogens with one attached hydrogen (secondary N) is 1. The van der Waals surface area contributed by atoms with Crippen LogP contribution in [-0.4, -0.2) is 40.3 Å². The van der Waals surface area contributed by atoms with Crippen LogP contribution < -0.4 is 19.7 Å². The van der Waals surface area contributed by atoms with E-state index < -0.39 is 11.6 Å². The third kappa shape index (κ3) is 4.56. The molecule has 1 N–H and O–H groups in total. The Bertz CT molecular complexity index is 1090. The molecule has 1 aromatic heterocycles. The Morgan fingerprint density at radius 2 is 1.72 bits per heavy atom. The minimum absolute atomic E-state index is 0.104. The van der Waals surface area contributed by atoms with Gasteiger partial charge in [0.05, 0.1) is 18.7 Å². The highest BCUT2D eigenvalue weighted by Gasteiger charge is 2.43. The van der Waals surface area contributed by atoms with Crippen molar-refractivity contribution < 1.29 is 19.0 Å². The molecule has 4 rings (SSSR count). The van der Waals surface area contributed by atoms with Crippen molar-refractivity contribution in [2.24, 2.45) is 0 Å². The molecule has 0 radical (unpaired) electrons. The number of carbonyl (C=O) groups is 1. The maximum atomic E-state index is 12.2. The summed E-state index contributed by atoms with van der Waals surface area (Å²) in [6, 6.07) is 17.3. The minimum atomic E-state index is -0.582. The van der Waals surface area contributed by atoms with Crippen molar-refractivity contribution in [3.63, 3.8) is 0 Å². The second-order valence-corrected chi connectivity index (χ2v) is 8.00. The summed E-state index contributed by atoms with van der Waals surface area (Å²) in [7, 11) is 1.46. The summed E-state index contributed by atoms with van der Waals surface area (Å²) in [6.07, 6.45) is -0.503. The Labute approximate surface area is 186 Å². The first-order chi connectivity index (χ1) is 15.4. The summed E-state index contributed by atoms with van der Waals surface area (Å²) < 4.78 is 16.2. The fourth-order valence-electron chi connectivity index (χ4n) is 3.29. The zero-order valence-corrected chi connectivity index (χ0v) is 18.4. The van der Waals surface area contributed by atoms with Crippen LogP contribution in [0.2, 0.25) is 0 Å². The molecule has 1 fully saturated rings. The van der Waals surface area contributed by atoms with Gasteiger partial charge < -0.3 is 19.5 Å². The van der Waals surface area contributed by atoms with Crippen molar-refractivity contribution in [3.05, 3.63) is 60.2 Å². The number of methoxy groups -OCH3 is 1. The van der Waals surface area contributed by atoms with Crippen LogP contribution in [0.4, 0.5) is 16.7 Å². The molecule has 0 aliphatic carbocycles. The molecule has 0 bridgehead atoms. The van der Waals surface area contributed by atoms with Crippen molar-refractivity contribution in [1.29, 1.82) is 0 Å². The van der Waals surface area contributed by atoms with E-state index in [0.29, 0.717) is 5.95 Å². The lowest BCUT2D eigenvalue weighted by Gasteiger charge is -2.26. The molecule has 1 aliphatic rings. The Morgan fingerprint density at radius 1 is 1.03 bits per heavy atom. The van der Waals surface area contributed by atoms with Gasteiger partial charge in [-0.05, 0) is 50.6 Å². The summed E-state index contributed by atoms with van der Waals surface area (Å²) in [6.45, 7) is 5.99. The van der Waals surface area contributed by atoms with E-state index in [0.717, 1.165) is 17.1 Å². The number of nitrogens with zero attached hydrogens (tertiary/aromatic N) is 4. The van der Waals surface area contributed by atoms with Crippen molar-refractivity contribution >= 4 is 18.0 Å². The molecule has 1 aliphatic heterocycles. The van der Waals surface area contributed by atoms with Gasteiger partial charge in [-0.1, -0.05) is 30.3 Å². The quantitative estimate of drug-likeness (QED) is 0.576. The van der Waals surface area contributed by atoms with E-state index in [4.69, 9.17) is 14.2 Å². The van der Waals surface area contributed by atoms with Crippen LogP contribution in [0.1, 0.15) is 32.4 Å². The number of hydrogen-bond acceptors (Lipinski definition) is 8. The molecule has 9 nitrogen and oxygen atoms in total. The molecule has 32 heavy (non-hydrogen) atoms. The molecule has 166 valence electrons. The molecule has 0 spiro atoms. The largest absolute Gasteiger partial charge is 0.467 e. The van der Waals surface area contributed by atoms with Crippen LogP contribution in [0.5, 0.6) is 17.5 Å². The number of anilines is 2. The van der Waals surface area contributed by atoms with E-state index in [2.05, 4.69) is 20.3 Å². The fourth-order valence-corrected chi connectivity index (χ4v) is 3.29. The second kappa shape index (κ2) is 8.70. The summed E-state index contributed by atoms with van der Waals surface area (Å²) in [5, 5.41) is 3.25. The number of cyclic esters (lactones) is 1. The number of benzene rings is 2. The van der Waals surface area contributed by atoms with Gasteiger partial charge >= 0.3 is 12.1 Å². The zero-order valence-electron chi connectivity index (χ0n) is 18.4. The predicted molar refractivity (Wildman–Crippen MR) is 119 cm³/mol. The molecule has 9 heteroatoms. The molecule has 2 aromatic carbocycles. The Morgan fingerprint density at radius 3 is 2.34 bits per heavy atom. The first-order valence-electron chi connectivity index (χ1n) is 10.2. The second-order valence-electron chi connectivity index (χ2n) is 8.00. The summed E-state index contributed by atoms with van der Waals surface area (Å²) >= 11 is 0. The van der Waals surface area contributed by atoms with Gasteiger partial charge in [-0.25, -0.2) is 9.69 Å². The molecular formula is C23H25N5O4. The topological polar surface area (TPSA) is 98.7 Å². The first kappa shape index (κ1) is 21.4. The highest BCUT2D eigenvalue weighted by atomic mass is 16.6. The average Bonchev–Trinajstić information content (AvgIpc) is 3.06. The maximum Gasteiger partial charge on any atom is 0.417 e. The minimum Gasteiger partial charge on any atom is -0.467 e. The third-order valence-corrected chi connectivity index (χ3v) is 5.03. The van der Waals surface area contributed by atoms with Crippen LogP contribution in [0.15, 0.2) is 54.6 Å². The van der Waals surface area contributed by atoms with Crippen molar-refractivity contribution in [2.75, 3.05) is 23.9 Å². The van der Waals surface area contributed by atoms with E-state index in [1.165, 1.54) is 12.0 Å². The fraction of sp³-hybridized carbons (Fsp3) is 0.304. The summed E-state index contributed by atoms with van der Waals surface area (Å²) in [5.41, 5.74) is 0.424. The van der Waals surface area contributed by atoms with Crippen molar-refractivity contribution in [1.82, 2.24) is 15.0 Å². The molecule has 3 aromatic rings. The van der Waals surface area contributed by atoms with Crippen LogP contribution >= 0.6 is 0 Å². The Hall–Kier alpha value is -3.88. The van der Waals surface area contributed by atoms with E-state index >= 15 is 0 Å². The molecule has 0 saturated carbocycles. The van der Waals surface area contributed by atoms with Crippen LogP contribution in [-0.2, 0) is 4.74 Å². The summed E-state index contributed by atoms with van der Waals surface area (Å²) in [5.74, 6) is 1.98. The standard InChI is InChI=1S/C23H25N5O4/c1-15(16-10-12-18(13-11-16)32-17-8-6-5-7-9-17)24-19-25-20(27-21(26-19)30-4)28-22(29)31-14-23(28,2)3/h5-13,15H,14H2,1-4H3,(H,24,25,26,27)/t15-/m0/s1. The van der Waals surface area contributed by atoms with Gasteiger partial charge in [-0.2, -0.15) is 15.0 Å². The molecule has 1 saturated heterocycles. The number of para-hydroxylation sites is 1. The van der Waals surface area contributed by atoms with Crippen molar-refractivity contribution in [2.45, 2.75) is 32.4 Å². The lowest BCUT2D eigenvalue weighted by molar-refractivity contribution is 0.175. The van der Waals surface area contributed by atoms with Gasteiger partial charge in [0.1, 0.15) is 18.1 Å². The van der Waals surface area contributed by atoms with Gasteiger partial charge in [-0.3, -0.25) is 0 Å². The van der Waals surface area contributed by atoms with E-state index in [1.54, 1.807) is 0 Å². The number of aromatic nitrogens is 3. The Balaban J connectivity index is 1.51. The van der Waals surface area contributed by atoms with Crippen LogP contribution in [0, 0.1) is 0 Å². The van der Waals surface area contributed by atoms with E-state index in [9.17, 15) is 4.79 Å². The Kier molecular flexibility index (Phi) is 5.81. The van der Waals surface area contributed by atoms with Crippen LogP contribution in [0.25, 0.3) is 0 Å². The van der Waals surface area contributed by atoms with Gasteiger partial charge in [-0.15, -0.1) is 0 Å². The highest BCUT2D eigenvalue weighted by molar-refractivity contribution is 5.89. The SMILES string of the molecule is COc1nc(N[C@@H](C)c2ccc(Oc3ccccc3)cc2)nc(N2C(=O)OCC2(C)C)n1. The number of carbonyl (C=O) groups excluding carboxylic acids is 1. The molecule has 1 atom stereocenters. The number of hydrogen-bond donors (Lipinski definition) is 1. The van der Waals surface area contributed by atoms with Gasteiger partial charge in [0, 0.05) is 0 Å². The zero-order chi connectivity index (χ0) is 22.7. The number of rotatable bonds is 7. The van der Waals surface area contributed by atoms with Gasteiger partial charge in [0.15, 0.2) is 0 Å². The maximum absolute atomic E-state index is 12.2.